The molecule has 1 N–H and O–H groups in total. The summed E-state index contributed by atoms with van der Waals surface area (Å²) in [6.07, 6.45) is 2.55. The third-order valence-corrected chi connectivity index (χ3v) is 7.59. The van der Waals surface area contributed by atoms with Gasteiger partial charge < -0.3 is 19.4 Å². The largest absolute Gasteiger partial charge is 0.493 e. The summed E-state index contributed by atoms with van der Waals surface area (Å²) in [5, 5.41) is 4.28. The molecule has 1 aromatic heterocycles. The number of amides is 1. The van der Waals surface area contributed by atoms with Crippen LogP contribution in [-0.4, -0.2) is 24.1 Å². The van der Waals surface area contributed by atoms with Crippen molar-refractivity contribution >= 4 is 16.8 Å². The van der Waals surface area contributed by atoms with Crippen LogP contribution in [0.25, 0.3) is 10.9 Å². The molecule has 0 bridgehead atoms. The van der Waals surface area contributed by atoms with Gasteiger partial charge in [-0.25, -0.2) is 0 Å². The van der Waals surface area contributed by atoms with Crippen LogP contribution in [0.15, 0.2) is 103 Å². The van der Waals surface area contributed by atoms with Crippen LogP contribution in [0.5, 0.6) is 11.5 Å². The Kier molecular flexibility index (Phi) is 9.28. The third-order valence-electron chi connectivity index (χ3n) is 7.59. The third kappa shape index (κ3) is 7.03. The molecular weight excluding hydrogens is 520 g/mol. The molecule has 5 heteroatoms. The molecule has 4 aromatic carbocycles. The van der Waals surface area contributed by atoms with Crippen molar-refractivity contribution in [3.63, 3.8) is 0 Å². The molecule has 0 saturated carbocycles. The Bertz CT molecular complexity index is 1620. The van der Waals surface area contributed by atoms with E-state index in [1.807, 2.05) is 42.5 Å². The standard InChI is InChI=1S/C37H40N2O3/c1-26(2)22-38-37(40)21-32(30-18-19-35(41-4)36(20-30)42-25-29-10-6-5-7-11-29)33-24-39(34-13-9-8-12-31(33)34)23-28-16-14-27(3)15-17-28/h5-20,24,26,32H,21-23,25H2,1-4H3,(H,38,40)/t32-/m0/s1. The Labute approximate surface area is 249 Å². The number of carbonyl (C=O) groups excluding carboxylic acids is 1. The number of fused-ring (bicyclic) bond motifs is 1. The second-order valence-corrected chi connectivity index (χ2v) is 11.4. The lowest BCUT2D eigenvalue weighted by Gasteiger charge is -2.20. The number of hydrogen-bond acceptors (Lipinski definition) is 3. The minimum Gasteiger partial charge on any atom is -0.493 e. The fourth-order valence-corrected chi connectivity index (χ4v) is 5.31. The molecule has 0 spiro atoms. The van der Waals surface area contributed by atoms with Crippen LogP contribution in [0.3, 0.4) is 0 Å². The molecule has 0 aliphatic rings. The first-order valence-corrected chi connectivity index (χ1v) is 14.7. The summed E-state index contributed by atoms with van der Waals surface area (Å²) in [6, 6.07) is 33.3. The number of nitrogens with one attached hydrogen (secondary N) is 1. The zero-order valence-electron chi connectivity index (χ0n) is 25.0. The number of nitrogens with zero attached hydrogens (tertiary/aromatic N) is 1. The summed E-state index contributed by atoms with van der Waals surface area (Å²) in [5.41, 5.74) is 6.84. The van der Waals surface area contributed by atoms with E-state index in [2.05, 4.69) is 91.4 Å². The number of hydrogen-bond donors (Lipinski definition) is 1. The monoisotopic (exact) mass is 560 g/mol. The van der Waals surface area contributed by atoms with Crippen LogP contribution in [0.4, 0.5) is 0 Å². The van der Waals surface area contributed by atoms with Gasteiger partial charge in [-0.1, -0.05) is 98.3 Å². The van der Waals surface area contributed by atoms with E-state index in [0.717, 1.165) is 34.1 Å². The first-order valence-electron chi connectivity index (χ1n) is 14.7. The SMILES string of the molecule is COc1ccc([C@H](CC(=O)NCC(C)C)c2cn(Cc3ccc(C)cc3)c3ccccc23)cc1OCc1ccccc1. The van der Waals surface area contributed by atoms with Crippen LogP contribution < -0.4 is 14.8 Å². The van der Waals surface area contributed by atoms with Crippen molar-refractivity contribution in [2.24, 2.45) is 5.92 Å². The highest BCUT2D eigenvalue weighted by atomic mass is 16.5. The Hall–Kier alpha value is -4.51. The molecule has 1 atom stereocenters. The second kappa shape index (κ2) is 13.4. The van der Waals surface area contributed by atoms with E-state index in [4.69, 9.17) is 9.47 Å². The van der Waals surface area contributed by atoms with Crippen LogP contribution in [0, 0.1) is 12.8 Å². The van der Waals surface area contributed by atoms with E-state index >= 15 is 0 Å². The highest BCUT2D eigenvalue weighted by Crippen LogP contribution is 2.39. The molecule has 0 fully saturated rings. The van der Waals surface area contributed by atoms with Gasteiger partial charge >= 0.3 is 0 Å². The summed E-state index contributed by atoms with van der Waals surface area (Å²) in [6.45, 7) is 8.15. The molecule has 0 saturated heterocycles. The van der Waals surface area contributed by atoms with Crippen LogP contribution in [-0.2, 0) is 17.9 Å². The number of aryl methyl sites for hydroxylation is 1. The van der Waals surface area contributed by atoms with Crippen molar-refractivity contribution in [1.29, 1.82) is 0 Å². The van der Waals surface area contributed by atoms with Gasteiger partial charge in [-0.05, 0) is 53.3 Å². The summed E-state index contributed by atoms with van der Waals surface area (Å²) >= 11 is 0. The van der Waals surface area contributed by atoms with E-state index in [0.29, 0.717) is 37.0 Å². The van der Waals surface area contributed by atoms with Crippen molar-refractivity contribution in [1.82, 2.24) is 9.88 Å². The minimum atomic E-state index is -0.175. The number of para-hydroxylation sites is 1. The maximum absolute atomic E-state index is 13.3. The molecule has 5 nitrogen and oxygen atoms in total. The van der Waals surface area contributed by atoms with Gasteiger partial charge in [-0.3, -0.25) is 4.79 Å². The fourth-order valence-electron chi connectivity index (χ4n) is 5.31. The molecule has 5 rings (SSSR count). The Morgan fingerprint density at radius 2 is 1.60 bits per heavy atom. The predicted molar refractivity (Wildman–Crippen MR) is 170 cm³/mol. The van der Waals surface area contributed by atoms with Crippen LogP contribution >= 0.6 is 0 Å². The quantitative estimate of drug-likeness (QED) is 0.169. The average molecular weight is 561 g/mol. The van der Waals surface area contributed by atoms with Gasteiger partial charge in [0.25, 0.3) is 0 Å². The fraction of sp³-hybridized carbons (Fsp3) is 0.270. The second-order valence-electron chi connectivity index (χ2n) is 11.4. The molecule has 5 aromatic rings. The first-order chi connectivity index (χ1) is 20.4. The van der Waals surface area contributed by atoms with Crippen molar-refractivity contribution in [3.8, 4) is 11.5 Å². The molecule has 1 heterocycles. The minimum absolute atomic E-state index is 0.0339. The molecule has 1 amide bonds. The van der Waals surface area contributed by atoms with Crippen molar-refractivity contribution in [2.75, 3.05) is 13.7 Å². The topological polar surface area (TPSA) is 52.5 Å². The number of carbonyl (C=O) groups is 1. The number of methoxy groups -OCH3 is 1. The van der Waals surface area contributed by atoms with Crippen molar-refractivity contribution < 1.29 is 14.3 Å². The average Bonchev–Trinajstić information content (AvgIpc) is 3.37. The molecular formula is C37H40N2O3. The summed E-state index contributed by atoms with van der Waals surface area (Å²) in [5.74, 6) is 1.56. The maximum atomic E-state index is 13.3. The predicted octanol–water partition coefficient (Wildman–Crippen LogP) is 7.88. The van der Waals surface area contributed by atoms with E-state index in [-0.39, 0.29) is 11.8 Å². The van der Waals surface area contributed by atoms with Gasteiger partial charge in [0.05, 0.1) is 7.11 Å². The molecule has 0 radical (unpaired) electrons. The van der Waals surface area contributed by atoms with Crippen LogP contribution in [0.2, 0.25) is 0 Å². The first kappa shape index (κ1) is 29.0. The highest BCUT2D eigenvalue weighted by molar-refractivity contribution is 5.87. The van der Waals surface area contributed by atoms with Gasteiger partial charge in [-0.2, -0.15) is 0 Å². The van der Waals surface area contributed by atoms with E-state index in [1.54, 1.807) is 7.11 Å². The van der Waals surface area contributed by atoms with E-state index in [9.17, 15) is 4.79 Å². The van der Waals surface area contributed by atoms with E-state index < -0.39 is 0 Å². The lowest BCUT2D eigenvalue weighted by atomic mass is 9.87. The number of aromatic nitrogens is 1. The number of rotatable bonds is 12. The lowest BCUT2D eigenvalue weighted by Crippen LogP contribution is -2.28. The van der Waals surface area contributed by atoms with Crippen LogP contribution in [0.1, 0.15) is 54.0 Å². The summed E-state index contributed by atoms with van der Waals surface area (Å²) in [7, 11) is 1.65. The van der Waals surface area contributed by atoms with Gasteiger partial charge in [-0.15, -0.1) is 0 Å². The molecule has 0 unspecified atom stereocenters. The zero-order chi connectivity index (χ0) is 29.5. The molecule has 0 aliphatic carbocycles. The smallest absolute Gasteiger partial charge is 0.220 e. The summed E-state index contributed by atoms with van der Waals surface area (Å²) in [4.78, 5) is 13.3. The van der Waals surface area contributed by atoms with Crippen molar-refractivity contribution in [3.05, 3.63) is 131 Å². The lowest BCUT2D eigenvalue weighted by molar-refractivity contribution is -0.121. The molecule has 0 aliphatic heterocycles. The molecule has 216 valence electrons. The molecule has 42 heavy (non-hydrogen) atoms. The Morgan fingerprint density at radius 1 is 0.857 bits per heavy atom. The maximum Gasteiger partial charge on any atom is 0.220 e. The number of benzene rings is 4. The normalized spacial score (nSPS) is 11.9. The zero-order valence-corrected chi connectivity index (χ0v) is 25.0. The summed E-state index contributed by atoms with van der Waals surface area (Å²) < 4.78 is 14.2. The van der Waals surface area contributed by atoms with Gasteiger partial charge in [0.15, 0.2) is 11.5 Å². The highest BCUT2D eigenvalue weighted by Gasteiger charge is 2.24. The van der Waals surface area contributed by atoms with Gasteiger partial charge in [0, 0.05) is 42.5 Å². The van der Waals surface area contributed by atoms with Gasteiger partial charge in [0.1, 0.15) is 6.61 Å². The van der Waals surface area contributed by atoms with E-state index in [1.165, 1.54) is 11.1 Å². The Balaban J connectivity index is 1.55. The Morgan fingerprint density at radius 3 is 2.33 bits per heavy atom. The van der Waals surface area contributed by atoms with Crippen molar-refractivity contribution in [2.45, 2.75) is 46.3 Å². The van der Waals surface area contributed by atoms with Gasteiger partial charge in [0.2, 0.25) is 5.91 Å². The number of ether oxygens (including phenoxy) is 2.